The standard InChI is InChI=1S/C18H17FN2O4/c1-9-5-14(10(2)25-9)17(22)21-16(18(23)24)6-11-8-20-15-7-12(19)3-4-13(11)15/h3-5,7-8,16,20H,6H2,1-2H3,(H,21,22)(H,23,24)/t16-/m1/s1. The largest absolute Gasteiger partial charge is 0.480 e. The number of aryl methyl sites for hydroxylation is 2. The van der Waals surface area contributed by atoms with Gasteiger partial charge in [0.2, 0.25) is 0 Å². The van der Waals surface area contributed by atoms with E-state index in [1.807, 2.05) is 0 Å². The van der Waals surface area contributed by atoms with Crippen molar-refractivity contribution in [3.05, 3.63) is 58.9 Å². The fraction of sp³-hybridized carbons (Fsp3) is 0.222. The molecule has 7 heteroatoms. The molecule has 0 fully saturated rings. The number of aromatic nitrogens is 1. The monoisotopic (exact) mass is 344 g/mol. The van der Waals surface area contributed by atoms with Crippen molar-refractivity contribution in [2.24, 2.45) is 0 Å². The summed E-state index contributed by atoms with van der Waals surface area (Å²) in [5.74, 6) is -1.03. The molecule has 6 nitrogen and oxygen atoms in total. The van der Waals surface area contributed by atoms with E-state index in [0.29, 0.717) is 28.2 Å². The number of aliphatic carboxylic acids is 1. The number of H-pyrrole nitrogens is 1. The van der Waals surface area contributed by atoms with Crippen LogP contribution in [-0.2, 0) is 11.2 Å². The molecule has 0 radical (unpaired) electrons. The van der Waals surface area contributed by atoms with Crippen LogP contribution in [0.5, 0.6) is 0 Å². The molecule has 2 aromatic heterocycles. The highest BCUT2D eigenvalue weighted by Crippen LogP contribution is 2.21. The highest BCUT2D eigenvalue weighted by molar-refractivity contribution is 5.97. The minimum Gasteiger partial charge on any atom is -0.480 e. The van der Waals surface area contributed by atoms with Crippen LogP contribution in [0.2, 0.25) is 0 Å². The van der Waals surface area contributed by atoms with E-state index in [2.05, 4.69) is 10.3 Å². The Hall–Kier alpha value is -3.09. The number of carboxylic acid groups (broad SMARTS) is 1. The van der Waals surface area contributed by atoms with Crippen LogP contribution < -0.4 is 5.32 Å². The summed E-state index contributed by atoms with van der Waals surface area (Å²) < 4.78 is 18.6. The summed E-state index contributed by atoms with van der Waals surface area (Å²) in [7, 11) is 0. The lowest BCUT2D eigenvalue weighted by Crippen LogP contribution is -2.42. The van der Waals surface area contributed by atoms with Crippen molar-refractivity contribution in [2.45, 2.75) is 26.3 Å². The SMILES string of the molecule is Cc1cc(C(=O)N[C@H](Cc2c[nH]c3cc(F)ccc23)C(=O)O)c(C)o1. The fourth-order valence-corrected chi connectivity index (χ4v) is 2.84. The van der Waals surface area contributed by atoms with Gasteiger partial charge in [-0.1, -0.05) is 0 Å². The van der Waals surface area contributed by atoms with Crippen LogP contribution in [0, 0.1) is 19.7 Å². The smallest absolute Gasteiger partial charge is 0.326 e. The van der Waals surface area contributed by atoms with Gasteiger partial charge in [0.1, 0.15) is 23.4 Å². The Balaban J connectivity index is 1.82. The van der Waals surface area contributed by atoms with E-state index in [-0.39, 0.29) is 12.2 Å². The van der Waals surface area contributed by atoms with E-state index >= 15 is 0 Å². The van der Waals surface area contributed by atoms with Crippen LogP contribution in [0.4, 0.5) is 4.39 Å². The molecule has 0 aliphatic rings. The fourth-order valence-electron chi connectivity index (χ4n) is 2.84. The minimum absolute atomic E-state index is 0.0720. The Labute approximate surface area is 142 Å². The van der Waals surface area contributed by atoms with Crippen molar-refractivity contribution in [2.75, 3.05) is 0 Å². The lowest BCUT2D eigenvalue weighted by atomic mass is 10.0. The molecule has 0 bridgehead atoms. The molecule has 0 saturated heterocycles. The maximum Gasteiger partial charge on any atom is 0.326 e. The molecule has 3 aromatic rings. The van der Waals surface area contributed by atoms with Crippen LogP contribution in [0.1, 0.15) is 27.4 Å². The van der Waals surface area contributed by atoms with Crippen molar-refractivity contribution < 1.29 is 23.5 Å². The first kappa shape index (κ1) is 16.8. The molecule has 0 saturated carbocycles. The second-order valence-electron chi connectivity index (χ2n) is 5.90. The van der Waals surface area contributed by atoms with Gasteiger partial charge < -0.3 is 19.8 Å². The van der Waals surface area contributed by atoms with Crippen LogP contribution >= 0.6 is 0 Å². The predicted molar refractivity (Wildman–Crippen MR) is 89.0 cm³/mol. The van der Waals surface area contributed by atoms with Gasteiger partial charge in [0.15, 0.2) is 0 Å². The molecule has 0 spiro atoms. The number of nitrogens with one attached hydrogen (secondary N) is 2. The number of amides is 1. The molecule has 3 rings (SSSR count). The summed E-state index contributed by atoms with van der Waals surface area (Å²) in [6.45, 7) is 3.36. The van der Waals surface area contributed by atoms with Crippen molar-refractivity contribution >= 4 is 22.8 Å². The zero-order valence-corrected chi connectivity index (χ0v) is 13.7. The summed E-state index contributed by atoms with van der Waals surface area (Å²) in [4.78, 5) is 26.8. The number of halogens is 1. The van der Waals surface area contributed by atoms with Gasteiger partial charge in [0.05, 0.1) is 5.56 Å². The maximum atomic E-state index is 13.3. The molecule has 0 unspecified atom stereocenters. The molecule has 130 valence electrons. The molecular weight excluding hydrogens is 327 g/mol. The number of fused-ring (bicyclic) bond motifs is 1. The van der Waals surface area contributed by atoms with Crippen molar-refractivity contribution in [3.63, 3.8) is 0 Å². The van der Waals surface area contributed by atoms with E-state index < -0.39 is 17.9 Å². The number of hydrogen-bond donors (Lipinski definition) is 3. The zero-order chi connectivity index (χ0) is 18.1. The number of carbonyl (C=O) groups is 2. The van der Waals surface area contributed by atoms with Crippen molar-refractivity contribution in [1.29, 1.82) is 0 Å². The Morgan fingerprint density at radius 1 is 1.32 bits per heavy atom. The molecule has 0 aliphatic heterocycles. The van der Waals surface area contributed by atoms with Crippen molar-refractivity contribution in [3.8, 4) is 0 Å². The lowest BCUT2D eigenvalue weighted by Gasteiger charge is -2.14. The predicted octanol–water partition coefficient (Wildman–Crippen LogP) is 2.94. The second-order valence-corrected chi connectivity index (χ2v) is 5.90. The third-order valence-electron chi connectivity index (χ3n) is 4.04. The lowest BCUT2D eigenvalue weighted by molar-refractivity contribution is -0.139. The number of rotatable bonds is 5. The summed E-state index contributed by atoms with van der Waals surface area (Å²) in [5, 5.41) is 12.7. The molecule has 25 heavy (non-hydrogen) atoms. The average molecular weight is 344 g/mol. The Bertz CT molecular complexity index is 957. The number of hydrogen-bond acceptors (Lipinski definition) is 3. The van der Waals surface area contributed by atoms with Crippen LogP contribution in [-0.4, -0.2) is 28.0 Å². The third kappa shape index (κ3) is 3.40. The molecule has 2 heterocycles. The summed E-state index contributed by atoms with van der Waals surface area (Å²) in [6.07, 6.45) is 1.70. The zero-order valence-electron chi connectivity index (χ0n) is 13.7. The first-order chi connectivity index (χ1) is 11.8. The number of carbonyl (C=O) groups excluding carboxylic acids is 1. The average Bonchev–Trinajstić information content (AvgIpc) is 3.09. The van der Waals surface area contributed by atoms with Gasteiger partial charge in [-0.25, -0.2) is 9.18 Å². The number of furan rings is 1. The summed E-state index contributed by atoms with van der Waals surface area (Å²) >= 11 is 0. The van der Waals surface area contributed by atoms with Gasteiger partial charge in [0, 0.05) is 23.5 Å². The van der Waals surface area contributed by atoms with Gasteiger partial charge in [-0.2, -0.15) is 0 Å². The minimum atomic E-state index is -1.15. The van der Waals surface area contributed by atoms with Crippen LogP contribution in [0.15, 0.2) is 34.9 Å². The maximum absolute atomic E-state index is 13.3. The Morgan fingerprint density at radius 3 is 2.72 bits per heavy atom. The van der Waals surface area contributed by atoms with E-state index in [9.17, 15) is 19.1 Å². The highest BCUT2D eigenvalue weighted by Gasteiger charge is 2.24. The Kier molecular flexibility index (Phi) is 4.31. The molecule has 1 atom stereocenters. The highest BCUT2D eigenvalue weighted by atomic mass is 19.1. The third-order valence-corrected chi connectivity index (χ3v) is 4.04. The van der Waals surface area contributed by atoms with Gasteiger partial charge >= 0.3 is 5.97 Å². The molecule has 3 N–H and O–H groups in total. The number of carboxylic acids is 1. The molecule has 0 aliphatic carbocycles. The molecule has 1 amide bonds. The number of benzene rings is 1. The van der Waals surface area contributed by atoms with E-state index in [4.69, 9.17) is 4.42 Å². The van der Waals surface area contributed by atoms with E-state index in [1.165, 1.54) is 12.1 Å². The van der Waals surface area contributed by atoms with E-state index in [0.717, 1.165) is 5.39 Å². The second kappa shape index (κ2) is 6.43. The van der Waals surface area contributed by atoms with Gasteiger partial charge in [-0.15, -0.1) is 0 Å². The van der Waals surface area contributed by atoms with Gasteiger partial charge in [0.25, 0.3) is 5.91 Å². The summed E-state index contributed by atoms with van der Waals surface area (Å²) in [6, 6.07) is 4.68. The normalized spacial score (nSPS) is 12.3. The molecular formula is C18H17FN2O4. The first-order valence-corrected chi connectivity index (χ1v) is 7.71. The topological polar surface area (TPSA) is 95.3 Å². The van der Waals surface area contributed by atoms with Crippen molar-refractivity contribution in [1.82, 2.24) is 10.3 Å². The number of aromatic amines is 1. The Morgan fingerprint density at radius 2 is 2.08 bits per heavy atom. The van der Waals surface area contributed by atoms with Gasteiger partial charge in [-0.05, 0) is 43.7 Å². The quantitative estimate of drug-likeness (QED) is 0.663. The summed E-state index contributed by atoms with van der Waals surface area (Å²) in [5.41, 5.74) is 1.57. The molecule has 1 aromatic carbocycles. The first-order valence-electron chi connectivity index (χ1n) is 7.71. The van der Waals surface area contributed by atoms with E-state index in [1.54, 1.807) is 32.2 Å². The van der Waals surface area contributed by atoms with Crippen LogP contribution in [0.25, 0.3) is 10.9 Å². The van der Waals surface area contributed by atoms with Crippen LogP contribution in [0.3, 0.4) is 0 Å². The van der Waals surface area contributed by atoms with Gasteiger partial charge in [-0.3, -0.25) is 4.79 Å².